The molecule has 5 heteroatoms. The summed E-state index contributed by atoms with van der Waals surface area (Å²) in [5, 5.41) is 4.14. The van der Waals surface area contributed by atoms with Gasteiger partial charge in [0.25, 0.3) is 0 Å². The van der Waals surface area contributed by atoms with Crippen LogP contribution in [0.15, 0.2) is 72.9 Å². The molecule has 0 saturated heterocycles. The van der Waals surface area contributed by atoms with Crippen molar-refractivity contribution in [1.29, 1.82) is 0 Å². The second-order valence-electron chi connectivity index (χ2n) is 5.45. The van der Waals surface area contributed by atoms with Crippen LogP contribution >= 0.6 is 11.6 Å². The van der Waals surface area contributed by atoms with E-state index in [1.54, 1.807) is 6.20 Å². The minimum Gasteiger partial charge on any atom is -1.00 e. The number of hydrogen-bond acceptors (Lipinski definition) is 3. The summed E-state index contributed by atoms with van der Waals surface area (Å²) in [5.41, 5.74) is 3.25. The molecule has 3 nitrogen and oxygen atoms in total. The SMILES string of the molecule is Clc1ccc(COc2ccccc2CNCc2ccccn2)cc1.[Cl-]. The maximum Gasteiger partial charge on any atom is 0.124 e. The summed E-state index contributed by atoms with van der Waals surface area (Å²) in [6.45, 7) is 1.98. The molecule has 2 aromatic carbocycles. The second-order valence-corrected chi connectivity index (χ2v) is 5.88. The number of hydrogen-bond donors (Lipinski definition) is 1. The van der Waals surface area contributed by atoms with Crippen LogP contribution in [-0.2, 0) is 19.7 Å². The zero-order chi connectivity index (χ0) is 16.6. The van der Waals surface area contributed by atoms with Gasteiger partial charge in [0.1, 0.15) is 12.4 Å². The summed E-state index contributed by atoms with van der Waals surface area (Å²) in [6, 6.07) is 21.7. The van der Waals surface area contributed by atoms with Gasteiger partial charge in [0.05, 0.1) is 5.69 Å². The first-order valence-electron chi connectivity index (χ1n) is 7.87. The van der Waals surface area contributed by atoms with E-state index in [0.717, 1.165) is 40.7 Å². The molecule has 0 spiro atoms. The molecule has 1 heterocycles. The number of rotatable bonds is 7. The Kier molecular flexibility index (Phi) is 7.74. The lowest BCUT2D eigenvalue weighted by molar-refractivity contribution is -0.00000516. The molecule has 3 aromatic rings. The molecule has 0 aliphatic rings. The number of aromatic nitrogens is 1. The Bertz CT molecular complexity index is 764. The van der Waals surface area contributed by atoms with Gasteiger partial charge in [-0.15, -0.1) is 0 Å². The van der Waals surface area contributed by atoms with Crippen LogP contribution < -0.4 is 22.5 Å². The first-order chi connectivity index (χ1) is 11.8. The molecule has 0 aliphatic carbocycles. The lowest BCUT2D eigenvalue weighted by Gasteiger charge is -2.12. The Morgan fingerprint density at radius 2 is 1.64 bits per heavy atom. The van der Waals surface area contributed by atoms with Gasteiger partial charge < -0.3 is 22.5 Å². The molecule has 0 unspecified atom stereocenters. The third-order valence-corrected chi connectivity index (χ3v) is 3.88. The Balaban J connectivity index is 0.00000225. The molecule has 3 rings (SSSR count). The summed E-state index contributed by atoms with van der Waals surface area (Å²) in [4.78, 5) is 4.31. The van der Waals surface area contributed by atoms with E-state index in [2.05, 4.69) is 16.4 Å². The molecule has 25 heavy (non-hydrogen) atoms. The highest BCUT2D eigenvalue weighted by Crippen LogP contribution is 2.20. The summed E-state index contributed by atoms with van der Waals surface area (Å²) in [7, 11) is 0. The minimum absolute atomic E-state index is 0. The average molecular weight is 374 g/mol. The van der Waals surface area contributed by atoms with E-state index in [9.17, 15) is 0 Å². The summed E-state index contributed by atoms with van der Waals surface area (Å²) in [6.07, 6.45) is 1.81. The van der Waals surface area contributed by atoms with E-state index >= 15 is 0 Å². The molecule has 130 valence electrons. The van der Waals surface area contributed by atoms with Gasteiger partial charge in [-0.2, -0.15) is 0 Å². The number of nitrogens with zero attached hydrogens (tertiary/aromatic N) is 1. The van der Waals surface area contributed by atoms with Gasteiger partial charge in [-0.3, -0.25) is 4.98 Å². The molecule has 0 aliphatic heterocycles. The van der Waals surface area contributed by atoms with Crippen molar-refractivity contribution in [2.24, 2.45) is 0 Å². The molecule has 0 atom stereocenters. The molecule has 0 bridgehead atoms. The summed E-state index contributed by atoms with van der Waals surface area (Å²) >= 11 is 5.91. The predicted octanol–water partition coefficient (Wildman–Crippen LogP) is 1.61. The van der Waals surface area contributed by atoms with Crippen molar-refractivity contribution in [3.63, 3.8) is 0 Å². The van der Waals surface area contributed by atoms with Crippen LogP contribution in [0.25, 0.3) is 0 Å². The third-order valence-electron chi connectivity index (χ3n) is 3.63. The van der Waals surface area contributed by atoms with Crippen LogP contribution in [0.4, 0.5) is 0 Å². The van der Waals surface area contributed by atoms with Crippen LogP contribution in [0.1, 0.15) is 16.8 Å². The van der Waals surface area contributed by atoms with E-state index < -0.39 is 0 Å². The molecule has 0 fully saturated rings. The van der Waals surface area contributed by atoms with Crippen molar-refractivity contribution in [2.75, 3.05) is 0 Å². The van der Waals surface area contributed by atoms with Gasteiger partial charge in [-0.05, 0) is 35.9 Å². The highest BCUT2D eigenvalue weighted by molar-refractivity contribution is 6.30. The third kappa shape index (κ3) is 6.05. The summed E-state index contributed by atoms with van der Waals surface area (Å²) in [5.74, 6) is 0.890. The fourth-order valence-electron chi connectivity index (χ4n) is 2.36. The number of pyridine rings is 1. The topological polar surface area (TPSA) is 34.1 Å². The molecular formula is C20H19Cl2N2O-. The largest absolute Gasteiger partial charge is 1.00 e. The van der Waals surface area contributed by atoms with Crippen molar-refractivity contribution in [2.45, 2.75) is 19.7 Å². The highest BCUT2D eigenvalue weighted by atomic mass is 35.5. The van der Waals surface area contributed by atoms with Crippen molar-refractivity contribution >= 4 is 11.6 Å². The van der Waals surface area contributed by atoms with Crippen LogP contribution in [0.2, 0.25) is 5.02 Å². The molecule has 1 aromatic heterocycles. The Hall–Kier alpha value is -2.07. The standard InChI is InChI=1S/C20H19ClN2O.ClH/c21-18-10-8-16(9-11-18)15-24-20-7-2-1-5-17(20)13-22-14-19-6-3-4-12-23-19;/h1-12,22H,13-15H2;1H/p-1. The van der Waals surface area contributed by atoms with Gasteiger partial charge in [-0.25, -0.2) is 0 Å². The lowest BCUT2D eigenvalue weighted by atomic mass is 10.2. The summed E-state index contributed by atoms with van der Waals surface area (Å²) < 4.78 is 5.97. The number of ether oxygens (including phenoxy) is 1. The molecule has 1 N–H and O–H groups in total. The minimum atomic E-state index is 0. The normalized spacial score (nSPS) is 10.1. The number of benzene rings is 2. The van der Waals surface area contributed by atoms with Crippen LogP contribution in [0.5, 0.6) is 5.75 Å². The van der Waals surface area contributed by atoms with Crippen LogP contribution in [0.3, 0.4) is 0 Å². The average Bonchev–Trinajstić information content (AvgIpc) is 2.63. The molecular weight excluding hydrogens is 355 g/mol. The molecule has 0 saturated carbocycles. The predicted molar refractivity (Wildman–Crippen MR) is 97.0 cm³/mol. The zero-order valence-corrected chi connectivity index (χ0v) is 15.2. The quantitative estimate of drug-likeness (QED) is 0.683. The van der Waals surface area contributed by atoms with Crippen molar-refractivity contribution < 1.29 is 17.1 Å². The maximum absolute atomic E-state index is 5.97. The van der Waals surface area contributed by atoms with E-state index in [1.165, 1.54) is 0 Å². The van der Waals surface area contributed by atoms with Crippen molar-refractivity contribution in [3.05, 3.63) is 94.8 Å². The Labute approximate surface area is 159 Å². The van der Waals surface area contributed by atoms with E-state index in [-0.39, 0.29) is 12.4 Å². The van der Waals surface area contributed by atoms with Gasteiger partial charge in [0.15, 0.2) is 0 Å². The smallest absolute Gasteiger partial charge is 0.124 e. The maximum atomic E-state index is 5.97. The Morgan fingerprint density at radius 1 is 0.880 bits per heavy atom. The zero-order valence-electron chi connectivity index (χ0n) is 13.7. The number of nitrogens with one attached hydrogen (secondary N) is 1. The Morgan fingerprint density at radius 3 is 2.40 bits per heavy atom. The first kappa shape index (κ1) is 19.3. The van der Waals surface area contributed by atoms with Gasteiger partial charge in [-0.1, -0.05) is 48.0 Å². The molecule has 0 radical (unpaired) electrons. The fourth-order valence-corrected chi connectivity index (χ4v) is 2.49. The second kappa shape index (κ2) is 10.0. The monoisotopic (exact) mass is 373 g/mol. The van der Waals surface area contributed by atoms with Gasteiger partial charge in [0.2, 0.25) is 0 Å². The van der Waals surface area contributed by atoms with E-state index in [4.69, 9.17) is 16.3 Å². The highest BCUT2D eigenvalue weighted by Gasteiger charge is 2.04. The van der Waals surface area contributed by atoms with Crippen LogP contribution in [0, 0.1) is 0 Å². The van der Waals surface area contributed by atoms with Gasteiger partial charge >= 0.3 is 0 Å². The van der Waals surface area contributed by atoms with Crippen molar-refractivity contribution in [3.8, 4) is 5.75 Å². The van der Waals surface area contributed by atoms with Crippen molar-refractivity contribution in [1.82, 2.24) is 10.3 Å². The fraction of sp³-hybridized carbons (Fsp3) is 0.150. The van der Waals surface area contributed by atoms with E-state index in [1.807, 2.05) is 60.7 Å². The first-order valence-corrected chi connectivity index (χ1v) is 8.25. The van der Waals surface area contributed by atoms with E-state index in [0.29, 0.717) is 6.61 Å². The number of halogens is 2. The van der Waals surface area contributed by atoms with Crippen LogP contribution in [-0.4, -0.2) is 4.98 Å². The number of para-hydroxylation sites is 1. The van der Waals surface area contributed by atoms with Gasteiger partial charge in [0, 0.05) is 29.9 Å². The molecule has 0 amide bonds. The lowest BCUT2D eigenvalue weighted by Crippen LogP contribution is -3.00.